The molecule has 0 bridgehead atoms. The number of ether oxygens (including phenoxy) is 1. The van der Waals surface area contributed by atoms with Gasteiger partial charge in [0.2, 0.25) is 10.0 Å². The molecule has 2 aromatic heterocycles. The van der Waals surface area contributed by atoms with Crippen molar-refractivity contribution in [2.24, 2.45) is 0 Å². The predicted molar refractivity (Wildman–Crippen MR) is 110 cm³/mol. The molecule has 3 rings (SSSR count). The summed E-state index contributed by atoms with van der Waals surface area (Å²) in [6.45, 7) is -2.96. The van der Waals surface area contributed by atoms with Gasteiger partial charge in [0.05, 0.1) is 29.9 Å². The first-order valence-corrected chi connectivity index (χ1v) is 10.9. The number of H-pyrrole nitrogens is 1. The number of aromatic amines is 1. The van der Waals surface area contributed by atoms with E-state index in [2.05, 4.69) is 29.7 Å². The average Bonchev–Trinajstić information content (AvgIpc) is 3.09. The number of aromatic nitrogens is 3. The second-order valence-electron chi connectivity index (χ2n) is 6.36. The van der Waals surface area contributed by atoms with E-state index < -0.39 is 22.5 Å². The Balaban J connectivity index is 1.66. The molecular weight excluding hydrogens is 456 g/mol. The van der Waals surface area contributed by atoms with Crippen molar-refractivity contribution in [3.8, 4) is 5.75 Å². The monoisotopic (exact) mass is 471 g/mol. The van der Waals surface area contributed by atoms with Crippen LogP contribution in [0.5, 0.6) is 5.75 Å². The van der Waals surface area contributed by atoms with Crippen LogP contribution < -0.4 is 14.8 Å². The third-order valence-corrected chi connectivity index (χ3v) is 4.54. The number of alkyl halides is 2. The highest BCUT2D eigenvalue weighted by atomic mass is 35.5. The molecule has 1 aromatic carbocycles. The van der Waals surface area contributed by atoms with Gasteiger partial charge in [-0.3, -0.25) is 9.52 Å². The zero-order valence-electron chi connectivity index (χ0n) is 15.9. The van der Waals surface area contributed by atoms with E-state index in [0.717, 1.165) is 18.6 Å². The first kappa shape index (κ1) is 22.4. The van der Waals surface area contributed by atoms with Crippen LogP contribution in [-0.2, 0) is 16.4 Å². The van der Waals surface area contributed by atoms with Crippen LogP contribution in [0.1, 0.15) is 21.9 Å². The summed E-state index contributed by atoms with van der Waals surface area (Å²) in [4.78, 5) is 23.3. The fraction of sp³-hybridized carbons (Fsp3) is 0.167. The zero-order valence-corrected chi connectivity index (χ0v) is 17.5. The molecule has 2 heterocycles. The van der Waals surface area contributed by atoms with Gasteiger partial charge in [-0.2, -0.15) is 8.78 Å². The van der Waals surface area contributed by atoms with Gasteiger partial charge < -0.3 is 15.0 Å². The number of carbonyl (C=O) groups is 1. The smallest absolute Gasteiger partial charge is 0.387 e. The van der Waals surface area contributed by atoms with Gasteiger partial charge in [-0.1, -0.05) is 11.6 Å². The average molecular weight is 472 g/mol. The van der Waals surface area contributed by atoms with E-state index in [0.29, 0.717) is 22.8 Å². The Morgan fingerprint density at radius 2 is 1.87 bits per heavy atom. The minimum Gasteiger partial charge on any atom is -0.432 e. The van der Waals surface area contributed by atoms with Crippen molar-refractivity contribution in [1.29, 1.82) is 0 Å². The van der Waals surface area contributed by atoms with Crippen molar-refractivity contribution >= 4 is 38.9 Å². The molecule has 0 spiro atoms. The van der Waals surface area contributed by atoms with Gasteiger partial charge >= 0.3 is 6.61 Å². The Hall–Kier alpha value is -3.25. The molecular formula is C18H16ClF2N5O4S. The number of nitrogens with zero attached hydrogens (tertiary/aromatic N) is 2. The lowest BCUT2D eigenvalue weighted by Crippen LogP contribution is -2.13. The molecule has 0 atom stereocenters. The van der Waals surface area contributed by atoms with Crippen molar-refractivity contribution in [1.82, 2.24) is 15.0 Å². The largest absolute Gasteiger partial charge is 0.432 e. The van der Waals surface area contributed by atoms with E-state index in [9.17, 15) is 22.0 Å². The van der Waals surface area contributed by atoms with Crippen molar-refractivity contribution in [3.63, 3.8) is 0 Å². The fourth-order valence-corrected chi connectivity index (χ4v) is 3.36. The number of rotatable bonds is 8. The molecule has 0 saturated carbocycles. The summed E-state index contributed by atoms with van der Waals surface area (Å²) in [6.07, 6.45) is 4.95. The summed E-state index contributed by atoms with van der Waals surface area (Å²) < 4.78 is 53.6. The standard InChI is InChI=1S/C18H16ClF2N5O4S/c1-31(28,29)26-14-4-11(19)3-13(5-14)25-17(27)10-2-12(22-7-10)6-16-23-8-15(9-24-16)30-18(20)21/h2-5,7-9,18,22,26H,6H2,1H3,(H,25,27). The number of hydrogen-bond donors (Lipinski definition) is 3. The number of carbonyl (C=O) groups excluding carboxylic acids is 1. The second kappa shape index (κ2) is 9.27. The van der Waals surface area contributed by atoms with Crippen LogP contribution in [0.25, 0.3) is 0 Å². The van der Waals surface area contributed by atoms with E-state index in [1.165, 1.54) is 24.4 Å². The Morgan fingerprint density at radius 1 is 1.19 bits per heavy atom. The SMILES string of the molecule is CS(=O)(=O)Nc1cc(Cl)cc(NC(=O)c2c[nH]c(Cc3ncc(OC(F)F)cn3)c2)c1. The molecule has 31 heavy (non-hydrogen) atoms. The van der Waals surface area contributed by atoms with Gasteiger partial charge in [0, 0.05) is 29.0 Å². The van der Waals surface area contributed by atoms with Crippen LogP contribution >= 0.6 is 11.6 Å². The van der Waals surface area contributed by atoms with E-state index in [4.69, 9.17) is 11.6 Å². The van der Waals surface area contributed by atoms with Crippen LogP contribution in [0, 0.1) is 0 Å². The number of nitrogens with one attached hydrogen (secondary N) is 3. The van der Waals surface area contributed by atoms with Gasteiger partial charge in [-0.15, -0.1) is 0 Å². The summed E-state index contributed by atoms with van der Waals surface area (Å²) in [5.74, 6) is -0.282. The highest BCUT2D eigenvalue weighted by Gasteiger charge is 2.12. The lowest BCUT2D eigenvalue weighted by atomic mass is 10.2. The molecule has 0 fully saturated rings. The molecule has 0 unspecified atom stereocenters. The maximum Gasteiger partial charge on any atom is 0.387 e. The molecule has 0 aliphatic rings. The van der Waals surface area contributed by atoms with E-state index >= 15 is 0 Å². The molecule has 0 aliphatic heterocycles. The van der Waals surface area contributed by atoms with Crippen LogP contribution in [0.3, 0.4) is 0 Å². The van der Waals surface area contributed by atoms with E-state index in [1.807, 2.05) is 0 Å². The fourth-order valence-electron chi connectivity index (χ4n) is 2.58. The molecule has 0 radical (unpaired) electrons. The lowest BCUT2D eigenvalue weighted by molar-refractivity contribution is -0.0503. The van der Waals surface area contributed by atoms with Crippen molar-refractivity contribution < 1.29 is 26.7 Å². The van der Waals surface area contributed by atoms with Gasteiger partial charge in [0.15, 0.2) is 5.75 Å². The molecule has 0 aliphatic carbocycles. The Bertz CT molecular complexity index is 1190. The number of sulfonamides is 1. The number of anilines is 2. The van der Waals surface area contributed by atoms with Crippen LogP contribution in [0.15, 0.2) is 42.9 Å². The maximum absolute atomic E-state index is 12.5. The summed E-state index contributed by atoms with van der Waals surface area (Å²) in [5.41, 5.74) is 1.41. The third-order valence-electron chi connectivity index (χ3n) is 3.72. The molecule has 13 heteroatoms. The second-order valence-corrected chi connectivity index (χ2v) is 8.55. The van der Waals surface area contributed by atoms with Gasteiger partial charge in [-0.25, -0.2) is 18.4 Å². The Morgan fingerprint density at radius 3 is 2.52 bits per heavy atom. The molecule has 3 aromatic rings. The van der Waals surface area contributed by atoms with Crippen LogP contribution in [0.2, 0.25) is 5.02 Å². The first-order valence-electron chi connectivity index (χ1n) is 8.60. The predicted octanol–water partition coefficient (Wildman–Crippen LogP) is 3.27. The van der Waals surface area contributed by atoms with E-state index in [-0.39, 0.29) is 22.9 Å². The molecule has 1 amide bonds. The van der Waals surface area contributed by atoms with E-state index in [1.54, 1.807) is 6.07 Å². The molecule has 3 N–H and O–H groups in total. The molecule has 164 valence electrons. The molecule has 9 nitrogen and oxygen atoms in total. The van der Waals surface area contributed by atoms with Gasteiger partial charge in [0.1, 0.15) is 5.82 Å². The maximum atomic E-state index is 12.5. The Kier molecular flexibility index (Phi) is 6.71. The number of amides is 1. The van der Waals surface area contributed by atoms with Crippen molar-refractivity contribution in [2.75, 3.05) is 16.3 Å². The number of halogens is 3. The zero-order chi connectivity index (χ0) is 22.6. The first-order chi connectivity index (χ1) is 14.6. The minimum absolute atomic E-state index is 0.156. The lowest BCUT2D eigenvalue weighted by Gasteiger charge is -2.09. The number of benzene rings is 1. The third kappa shape index (κ3) is 6.89. The van der Waals surface area contributed by atoms with Crippen molar-refractivity contribution in [2.45, 2.75) is 13.0 Å². The normalized spacial score (nSPS) is 11.4. The highest BCUT2D eigenvalue weighted by molar-refractivity contribution is 7.92. The van der Waals surface area contributed by atoms with Crippen LogP contribution in [-0.4, -0.2) is 42.1 Å². The minimum atomic E-state index is -3.51. The summed E-state index contributed by atoms with van der Waals surface area (Å²) in [5, 5.41) is 2.86. The molecule has 0 saturated heterocycles. The van der Waals surface area contributed by atoms with Gasteiger partial charge in [0.25, 0.3) is 5.91 Å². The van der Waals surface area contributed by atoms with Gasteiger partial charge in [-0.05, 0) is 24.3 Å². The summed E-state index contributed by atoms with van der Waals surface area (Å²) >= 11 is 5.98. The summed E-state index contributed by atoms with van der Waals surface area (Å²) in [6, 6.07) is 5.87. The highest BCUT2D eigenvalue weighted by Crippen LogP contribution is 2.24. The quantitative estimate of drug-likeness (QED) is 0.463. The number of hydrogen-bond acceptors (Lipinski definition) is 6. The topological polar surface area (TPSA) is 126 Å². The Labute approximate surface area is 180 Å². The van der Waals surface area contributed by atoms with Crippen LogP contribution in [0.4, 0.5) is 20.2 Å². The summed E-state index contributed by atoms with van der Waals surface area (Å²) in [7, 11) is -3.51. The van der Waals surface area contributed by atoms with Crippen molar-refractivity contribution in [3.05, 3.63) is 65.0 Å².